The summed E-state index contributed by atoms with van der Waals surface area (Å²) in [7, 11) is 0. The highest BCUT2D eigenvalue weighted by Gasteiger charge is 2.26. The van der Waals surface area contributed by atoms with E-state index in [1.54, 1.807) is 13.0 Å². The van der Waals surface area contributed by atoms with Crippen LogP contribution < -0.4 is 0 Å². The molecule has 0 unspecified atom stereocenters. The number of carbonyl (C=O) groups is 1. The fraction of sp³-hybridized carbons (Fsp3) is 0.583. The summed E-state index contributed by atoms with van der Waals surface area (Å²) in [6, 6.07) is 0. The highest BCUT2D eigenvalue weighted by atomic mass is 32.2. The Morgan fingerprint density at radius 1 is 1.50 bits per heavy atom. The van der Waals surface area contributed by atoms with Crippen molar-refractivity contribution in [2.75, 3.05) is 5.75 Å². The third-order valence-electron chi connectivity index (χ3n) is 2.64. The highest BCUT2D eigenvalue weighted by Crippen LogP contribution is 2.42. The molecule has 0 aromatic heterocycles. The second-order valence-electron chi connectivity index (χ2n) is 4.40. The molecule has 0 radical (unpaired) electrons. The Morgan fingerprint density at radius 3 is 2.64 bits per heavy atom. The Morgan fingerprint density at radius 2 is 2.14 bits per heavy atom. The monoisotopic (exact) mass is 210 g/mol. The van der Waals surface area contributed by atoms with Crippen LogP contribution in [0.25, 0.3) is 0 Å². The van der Waals surface area contributed by atoms with Gasteiger partial charge in [0.25, 0.3) is 0 Å². The molecule has 0 N–H and O–H groups in total. The zero-order valence-corrected chi connectivity index (χ0v) is 10.2. The van der Waals surface area contributed by atoms with Gasteiger partial charge in [-0.05, 0) is 48.0 Å². The minimum absolute atomic E-state index is 0.122. The first kappa shape index (κ1) is 11.6. The molecular weight excluding hydrogens is 192 g/mol. The Hall–Kier alpha value is -0.500. The van der Waals surface area contributed by atoms with Gasteiger partial charge in [0.05, 0.1) is 0 Å². The lowest BCUT2D eigenvalue weighted by molar-refractivity contribution is -0.112. The summed E-state index contributed by atoms with van der Waals surface area (Å²) in [5.41, 5.74) is 1.55. The number of thioether (sulfide) groups is 1. The lowest BCUT2D eigenvalue weighted by Gasteiger charge is -2.32. The zero-order chi connectivity index (χ0) is 10.8. The van der Waals surface area contributed by atoms with Crippen molar-refractivity contribution in [3.05, 3.63) is 22.6 Å². The number of hydrogen-bond acceptors (Lipinski definition) is 2. The first-order valence-corrected chi connectivity index (χ1v) is 5.95. The molecule has 1 aliphatic rings. The van der Waals surface area contributed by atoms with Gasteiger partial charge in [-0.2, -0.15) is 0 Å². The second-order valence-corrected chi connectivity index (χ2v) is 5.71. The van der Waals surface area contributed by atoms with Crippen LogP contribution >= 0.6 is 11.8 Å². The van der Waals surface area contributed by atoms with E-state index in [2.05, 4.69) is 20.8 Å². The van der Waals surface area contributed by atoms with Crippen molar-refractivity contribution in [3.63, 3.8) is 0 Å². The van der Waals surface area contributed by atoms with E-state index in [1.807, 2.05) is 17.8 Å². The minimum atomic E-state index is 0.122. The van der Waals surface area contributed by atoms with Crippen molar-refractivity contribution in [2.45, 2.75) is 34.1 Å². The standard InChI is InChI=1S/C12H18OS/c1-9(13)5-6-11-10(2)14-8-7-12(11,3)4/h5-6H,7-8H2,1-4H3/b6-5+. The lowest BCUT2D eigenvalue weighted by Crippen LogP contribution is -2.19. The van der Waals surface area contributed by atoms with Crippen LogP contribution in [0.15, 0.2) is 22.6 Å². The van der Waals surface area contributed by atoms with Crippen LogP contribution in [0, 0.1) is 5.41 Å². The smallest absolute Gasteiger partial charge is 0.152 e. The van der Waals surface area contributed by atoms with Crippen molar-refractivity contribution in [2.24, 2.45) is 5.41 Å². The summed E-state index contributed by atoms with van der Waals surface area (Å²) in [4.78, 5) is 12.2. The van der Waals surface area contributed by atoms with Crippen LogP contribution in [0.5, 0.6) is 0 Å². The molecule has 2 heteroatoms. The Labute approximate surface area is 90.7 Å². The predicted octanol–water partition coefficient (Wildman–Crippen LogP) is 3.57. The molecule has 1 nitrogen and oxygen atoms in total. The molecule has 78 valence electrons. The summed E-state index contributed by atoms with van der Waals surface area (Å²) in [6.45, 7) is 8.23. The molecule has 0 atom stereocenters. The lowest BCUT2D eigenvalue weighted by atomic mass is 9.81. The summed E-state index contributed by atoms with van der Waals surface area (Å²) in [5, 5.41) is 0. The number of allylic oxidation sites excluding steroid dienone is 4. The Bertz CT molecular complexity index is 297. The van der Waals surface area contributed by atoms with E-state index in [4.69, 9.17) is 0 Å². The van der Waals surface area contributed by atoms with Crippen LogP contribution in [-0.4, -0.2) is 11.5 Å². The molecule has 0 saturated carbocycles. The molecule has 1 aliphatic heterocycles. The molecule has 14 heavy (non-hydrogen) atoms. The van der Waals surface area contributed by atoms with Crippen molar-refractivity contribution < 1.29 is 4.79 Å². The number of ketones is 1. The van der Waals surface area contributed by atoms with Crippen molar-refractivity contribution in [3.8, 4) is 0 Å². The molecule has 0 aromatic carbocycles. The highest BCUT2D eigenvalue weighted by molar-refractivity contribution is 8.03. The summed E-state index contributed by atoms with van der Waals surface area (Å²) >= 11 is 1.90. The molecule has 0 aliphatic carbocycles. The molecular formula is C12H18OS. The fourth-order valence-corrected chi connectivity index (χ4v) is 3.11. The van der Waals surface area contributed by atoms with Gasteiger partial charge >= 0.3 is 0 Å². The van der Waals surface area contributed by atoms with E-state index in [1.165, 1.54) is 22.7 Å². The van der Waals surface area contributed by atoms with E-state index < -0.39 is 0 Å². The van der Waals surface area contributed by atoms with Crippen LogP contribution in [0.1, 0.15) is 34.1 Å². The quantitative estimate of drug-likeness (QED) is 0.648. The largest absolute Gasteiger partial charge is 0.295 e. The summed E-state index contributed by atoms with van der Waals surface area (Å²) in [5.74, 6) is 1.31. The first-order valence-electron chi connectivity index (χ1n) is 4.96. The van der Waals surface area contributed by atoms with Gasteiger partial charge in [-0.25, -0.2) is 0 Å². The zero-order valence-electron chi connectivity index (χ0n) is 9.39. The molecule has 1 rings (SSSR count). The van der Waals surface area contributed by atoms with Crippen LogP contribution in [0.2, 0.25) is 0 Å². The van der Waals surface area contributed by atoms with E-state index in [-0.39, 0.29) is 11.2 Å². The number of carbonyl (C=O) groups excluding carboxylic acids is 1. The average Bonchev–Trinajstić information content (AvgIpc) is 2.01. The maximum Gasteiger partial charge on any atom is 0.152 e. The van der Waals surface area contributed by atoms with Gasteiger partial charge < -0.3 is 0 Å². The van der Waals surface area contributed by atoms with E-state index in [0.717, 1.165) is 0 Å². The van der Waals surface area contributed by atoms with Crippen LogP contribution in [0.3, 0.4) is 0 Å². The Kier molecular flexibility index (Phi) is 3.59. The van der Waals surface area contributed by atoms with E-state index >= 15 is 0 Å². The molecule has 1 heterocycles. The Balaban J connectivity index is 2.96. The molecule has 0 amide bonds. The average molecular weight is 210 g/mol. The number of rotatable bonds is 2. The second kappa shape index (κ2) is 4.35. The molecule has 0 bridgehead atoms. The van der Waals surface area contributed by atoms with Crippen LogP contribution in [0.4, 0.5) is 0 Å². The third kappa shape index (κ3) is 2.74. The normalized spacial score (nSPS) is 21.7. The van der Waals surface area contributed by atoms with Gasteiger partial charge in [0, 0.05) is 0 Å². The SMILES string of the molecule is CC(=O)/C=C/C1=C(C)SCCC1(C)C. The van der Waals surface area contributed by atoms with Crippen molar-refractivity contribution in [1.82, 2.24) is 0 Å². The van der Waals surface area contributed by atoms with Gasteiger partial charge in [0.2, 0.25) is 0 Å². The third-order valence-corrected chi connectivity index (χ3v) is 3.70. The van der Waals surface area contributed by atoms with Crippen molar-refractivity contribution >= 4 is 17.5 Å². The number of hydrogen-bond donors (Lipinski definition) is 0. The first-order chi connectivity index (χ1) is 6.43. The molecule has 0 aromatic rings. The van der Waals surface area contributed by atoms with E-state index in [0.29, 0.717) is 0 Å². The topological polar surface area (TPSA) is 17.1 Å². The predicted molar refractivity (Wildman–Crippen MR) is 63.4 cm³/mol. The van der Waals surface area contributed by atoms with E-state index in [9.17, 15) is 4.79 Å². The molecule has 0 saturated heterocycles. The summed E-state index contributed by atoms with van der Waals surface area (Å²) < 4.78 is 0. The fourth-order valence-electron chi connectivity index (χ4n) is 1.69. The van der Waals surface area contributed by atoms with Crippen molar-refractivity contribution in [1.29, 1.82) is 0 Å². The van der Waals surface area contributed by atoms with Gasteiger partial charge in [-0.15, -0.1) is 11.8 Å². The maximum atomic E-state index is 10.9. The molecule has 0 spiro atoms. The van der Waals surface area contributed by atoms with Gasteiger partial charge in [0.1, 0.15) is 0 Å². The van der Waals surface area contributed by atoms with Gasteiger partial charge in [-0.3, -0.25) is 4.79 Å². The minimum Gasteiger partial charge on any atom is -0.295 e. The molecule has 0 fully saturated rings. The maximum absolute atomic E-state index is 10.9. The summed E-state index contributed by atoms with van der Waals surface area (Å²) in [6.07, 6.45) is 4.85. The van der Waals surface area contributed by atoms with Gasteiger partial charge in [0.15, 0.2) is 5.78 Å². The van der Waals surface area contributed by atoms with Gasteiger partial charge in [-0.1, -0.05) is 19.9 Å². The van der Waals surface area contributed by atoms with Crippen LogP contribution in [-0.2, 0) is 4.79 Å².